The Morgan fingerprint density at radius 2 is 1.47 bits per heavy atom. The highest BCUT2D eigenvalue weighted by Gasteiger charge is 2.04. The van der Waals surface area contributed by atoms with Crippen LogP contribution in [0.4, 0.5) is 4.39 Å². The Hall–Kier alpha value is -2.62. The van der Waals surface area contributed by atoms with E-state index in [1.165, 1.54) is 12.1 Å². The van der Waals surface area contributed by atoms with Gasteiger partial charge in [-0.1, -0.05) is 30.3 Å². The molecule has 3 rings (SSSR count). The number of hydrogen-bond acceptors (Lipinski definition) is 3. The van der Waals surface area contributed by atoms with Crippen molar-refractivity contribution in [2.75, 3.05) is 0 Å². The molecule has 0 aliphatic carbocycles. The van der Waals surface area contributed by atoms with Gasteiger partial charge >= 0.3 is 0 Å². The summed E-state index contributed by atoms with van der Waals surface area (Å²) in [5, 5.41) is 8.21. The van der Waals surface area contributed by atoms with Gasteiger partial charge in [0.15, 0.2) is 5.82 Å². The molecule has 3 aromatic rings. The molecule has 0 aliphatic heterocycles. The first-order valence-electron chi connectivity index (χ1n) is 5.84. The molecule has 0 bridgehead atoms. The molecular formula is C15H10FN3. The highest BCUT2D eigenvalue weighted by atomic mass is 19.1. The zero-order valence-corrected chi connectivity index (χ0v) is 9.99. The number of nitrogens with zero attached hydrogens (tertiary/aromatic N) is 3. The van der Waals surface area contributed by atoms with Crippen LogP contribution in [-0.4, -0.2) is 15.2 Å². The van der Waals surface area contributed by atoms with E-state index >= 15 is 0 Å². The smallest absolute Gasteiger partial charge is 0.181 e. The number of aromatic nitrogens is 3. The third-order valence-electron chi connectivity index (χ3n) is 2.73. The normalized spacial score (nSPS) is 10.4. The fourth-order valence-electron chi connectivity index (χ4n) is 1.75. The van der Waals surface area contributed by atoms with E-state index in [9.17, 15) is 4.39 Å². The SMILES string of the molecule is Fc1ccc(-c2cnc(-c3ccccc3)nn2)cc1. The summed E-state index contributed by atoms with van der Waals surface area (Å²) in [4.78, 5) is 4.28. The van der Waals surface area contributed by atoms with Crippen molar-refractivity contribution in [2.45, 2.75) is 0 Å². The first kappa shape index (κ1) is 11.5. The van der Waals surface area contributed by atoms with E-state index in [1.807, 2.05) is 30.3 Å². The van der Waals surface area contributed by atoms with E-state index in [0.29, 0.717) is 11.5 Å². The molecule has 0 aliphatic rings. The van der Waals surface area contributed by atoms with Gasteiger partial charge in [-0.3, -0.25) is 0 Å². The predicted molar refractivity (Wildman–Crippen MR) is 70.7 cm³/mol. The molecular weight excluding hydrogens is 241 g/mol. The summed E-state index contributed by atoms with van der Waals surface area (Å²) in [6.07, 6.45) is 1.64. The minimum Gasteiger partial charge on any atom is -0.233 e. The van der Waals surface area contributed by atoms with Crippen LogP contribution in [0.1, 0.15) is 0 Å². The maximum Gasteiger partial charge on any atom is 0.181 e. The number of benzene rings is 2. The van der Waals surface area contributed by atoms with Crippen molar-refractivity contribution in [1.29, 1.82) is 0 Å². The number of hydrogen-bond donors (Lipinski definition) is 0. The first-order chi connectivity index (χ1) is 9.33. The zero-order chi connectivity index (χ0) is 13.1. The van der Waals surface area contributed by atoms with E-state index in [1.54, 1.807) is 18.3 Å². The topological polar surface area (TPSA) is 38.7 Å². The summed E-state index contributed by atoms with van der Waals surface area (Å²) in [6, 6.07) is 15.7. The van der Waals surface area contributed by atoms with Crippen LogP contribution >= 0.6 is 0 Å². The molecule has 0 amide bonds. The molecule has 1 aromatic heterocycles. The van der Waals surface area contributed by atoms with Gasteiger partial charge in [0, 0.05) is 11.1 Å². The summed E-state index contributed by atoms with van der Waals surface area (Å²) in [6.45, 7) is 0. The van der Waals surface area contributed by atoms with Gasteiger partial charge in [0.2, 0.25) is 0 Å². The van der Waals surface area contributed by atoms with Crippen molar-refractivity contribution in [1.82, 2.24) is 15.2 Å². The second-order valence-electron chi connectivity index (χ2n) is 4.04. The van der Waals surface area contributed by atoms with Crippen LogP contribution in [0, 0.1) is 5.82 Å². The van der Waals surface area contributed by atoms with Gasteiger partial charge in [-0.25, -0.2) is 9.37 Å². The Bertz CT molecular complexity index is 664. The molecule has 0 spiro atoms. The van der Waals surface area contributed by atoms with Crippen molar-refractivity contribution in [3.05, 3.63) is 66.6 Å². The fraction of sp³-hybridized carbons (Fsp3) is 0. The minimum atomic E-state index is -0.273. The molecule has 0 unspecified atom stereocenters. The molecule has 3 nitrogen and oxygen atoms in total. The molecule has 0 radical (unpaired) electrons. The Morgan fingerprint density at radius 1 is 0.737 bits per heavy atom. The first-order valence-corrected chi connectivity index (χ1v) is 5.84. The third-order valence-corrected chi connectivity index (χ3v) is 2.73. The maximum absolute atomic E-state index is 12.8. The van der Waals surface area contributed by atoms with E-state index in [-0.39, 0.29) is 5.82 Å². The number of halogens is 1. The largest absolute Gasteiger partial charge is 0.233 e. The van der Waals surface area contributed by atoms with E-state index in [4.69, 9.17) is 0 Å². The lowest BCUT2D eigenvalue weighted by molar-refractivity contribution is 0.628. The molecule has 0 saturated carbocycles. The maximum atomic E-state index is 12.8. The summed E-state index contributed by atoms with van der Waals surface area (Å²) in [5.41, 5.74) is 2.33. The molecule has 1 heterocycles. The van der Waals surface area contributed by atoms with Crippen molar-refractivity contribution >= 4 is 0 Å². The van der Waals surface area contributed by atoms with E-state index in [0.717, 1.165) is 11.1 Å². The van der Waals surface area contributed by atoms with E-state index < -0.39 is 0 Å². The Labute approximate surface area is 109 Å². The highest BCUT2D eigenvalue weighted by Crippen LogP contribution is 2.18. The molecule has 0 fully saturated rings. The Morgan fingerprint density at radius 3 is 2.11 bits per heavy atom. The van der Waals surface area contributed by atoms with Crippen LogP contribution in [0.15, 0.2) is 60.8 Å². The van der Waals surface area contributed by atoms with Crippen LogP contribution in [0.25, 0.3) is 22.6 Å². The molecule has 0 N–H and O–H groups in total. The van der Waals surface area contributed by atoms with Crippen molar-refractivity contribution in [3.8, 4) is 22.6 Å². The lowest BCUT2D eigenvalue weighted by Gasteiger charge is -2.01. The van der Waals surface area contributed by atoms with Gasteiger partial charge in [0.05, 0.1) is 6.20 Å². The third kappa shape index (κ3) is 2.47. The average molecular weight is 251 g/mol. The van der Waals surface area contributed by atoms with Crippen molar-refractivity contribution in [2.24, 2.45) is 0 Å². The average Bonchev–Trinajstić information content (AvgIpc) is 2.49. The van der Waals surface area contributed by atoms with Crippen LogP contribution < -0.4 is 0 Å². The standard InChI is InChI=1S/C15H10FN3/c16-13-8-6-11(7-9-13)14-10-17-15(19-18-14)12-4-2-1-3-5-12/h1-10H. The molecule has 0 atom stereocenters. The van der Waals surface area contributed by atoms with Crippen LogP contribution in [0.5, 0.6) is 0 Å². The van der Waals surface area contributed by atoms with Gasteiger partial charge in [-0.15, -0.1) is 10.2 Å². The molecule has 0 saturated heterocycles. The molecule has 2 aromatic carbocycles. The monoisotopic (exact) mass is 251 g/mol. The Balaban J connectivity index is 1.93. The van der Waals surface area contributed by atoms with Crippen molar-refractivity contribution in [3.63, 3.8) is 0 Å². The summed E-state index contributed by atoms with van der Waals surface area (Å²) < 4.78 is 12.8. The van der Waals surface area contributed by atoms with Gasteiger partial charge in [-0.05, 0) is 24.3 Å². The van der Waals surface area contributed by atoms with Gasteiger partial charge < -0.3 is 0 Å². The molecule has 4 heteroatoms. The predicted octanol–water partition coefficient (Wildman–Crippen LogP) is 3.34. The second-order valence-corrected chi connectivity index (χ2v) is 4.04. The van der Waals surface area contributed by atoms with Crippen molar-refractivity contribution < 1.29 is 4.39 Å². The van der Waals surface area contributed by atoms with Gasteiger partial charge in [0.25, 0.3) is 0 Å². The van der Waals surface area contributed by atoms with Crippen LogP contribution in [0.3, 0.4) is 0 Å². The van der Waals surface area contributed by atoms with Gasteiger partial charge in [-0.2, -0.15) is 0 Å². The highest BCUT2D eigenvalue weighted by molar-refractivity contribution is 5.59. The van der Waals surface area contributed by atoms with Gasteiger partial charge in [0.1, 0.15) is 11.5 Å². The quantitative estimate of drug-likeness (QED) is 0.701. The number of rotatable bonds is 2. The fourth-order valence-corrected chi connectivity index (χ4v) is 1.75. The second kappa shape index (κ2) is 4.94. The zero-order valence-electron chi connectivity index (χ0n) is 9.99. The summed E-state index contributed by atoms with van der Waals surface area (Å²) >= 11 is 0. The van der Waals surface area contributed by atoms with E-state index in [2.05, 4.69) is 15.2 Å². The summed E-state index contributed by atoms with van der Waals surface area (Å²) in [7, 11) is 0. The Kier molecular flexibility index (Phi) is 2.98. The van der Waals surface area contributed by atoms with Crippen LogP contribution in [-0.2, 0) is 0 Å². The minimum absolute atomic E-state index is 0.273. The lowest BCUT2D eigenvalue weighted by Crippen LogP contribution is -1.94. The van der Waals surface area contributed by atoms with Crippen LogP contribution in [0.2, 0.25) is 0 Å². The summed E-state index contributed by atoms with van der Waals surface area (Å²) in [5.74, 6) is 0.303. The molecule has 19 heavy (non-hydrogen) atoms. The lowest BCUT2D eigenvalue weighted by atomic mass is 10.1. The molecule has 92 valence electrons.